The Labute approximate surface area is 109 Å². The highest BCUT2D eigenvalue weighted by atomic mass is 16.5. The molecule has 0 aliphatic carbocycles. The lowest BCUT2D eigenvalue weighted by atomic mass is 9.97. The first-order valence-electron chi connectivity index (χ1n) is 6.69. The first kappa shape index (κ1) is 13.5. The lowest BCUT2D eigenvalue weighted by Gasteiger charge is -2.31. The molecular formula is C13H24N4O. The molecule has 0 unspecified atom stereocenters. The number of likely N-dealkylation sites (tertiary alicyclic amines) is 1. The normalized spacial score (nSPS) is 18.7. The Hall–Kier alpha value is -0.910. The average Bonchev–Trinajstić information content (AvgIpc) is 2.79. The van der Waals surface area contributed by atoms with Gasteiger partial charge in [-0.3, -0.25) is 4.90 Å². The van der Waals surface area contributed by atoms with Crippen LogP contribution >= 0.6 is 0 Å². The second kappa shape index (κ2) is 6.31. The van der Waals surface area contributed by atoms with Crippen LogP contribution < -0.4 is 5.73 Å². The molecule has 0 spiro atoms. The van der Waals surface area contributed by atoms with E-state index in [4.69, 9.17) is 10.3 Å². The van der Waals surface area contributed by atoms with Crippen molar-refractivity contribution in [3.63, 3.8) is 0 Å². The molecule has 1 aromatic rings. The van der Waals surface area contributed by atoms with E-state index in [1.807, 2.05) is 6.07 Å². The summed E-state index contributed by atoms with van der Waals surface area (Å²) in [5.41, 5.74) is 6.35. The number of hydrogen-bond acceptors (Lipinski definition) is 5. The van der Waals surface area contributed by atoms with Crippen LogP contribution in [0.25, 0.3) is 0 Å². The van der Waals surface area contributed by atoms with Gasteiger partial charge in [-0.1, -0.05) is 5.16 Å². The van der Waals surface area contributed by atoms with Crippen molar-refractivity contribution in [1.82, 2.24) is 15.0 Å². The summed E-state index contributed by atoms with van der Waals surface area (Å²) in [6, 6.07) is 1.95. The minimum atomic E-state index is 0.447. The fourth-order valence-corrected chi connectivity index (χ4v) is 2.54. The zero-order valence-electron chi connectivity index (χ0n) is 11.4. The van der Waals surface area contributed by atoms with E-state index in [-0.39, 0.29) is 0 Å². The van der Waals surface area contributed by atoms with Gasteiger partial charge in [0.15, 0.2) is 5.76 Å². The van der Waals surface area contributed by atoms with Crippen LogP contribution in [0.4, 0.5) is 0 Å². The quantitative estimate of drug-likeness (QED) is 0.844. The minimum absolute atomic E-state index is 0.447. The first-order chi connectivity index (χ1) is 8.67. The maximum absolute atomic E-state index is 5.52. The molecule has 2 N–H and O–H groups in total. The molecule has 0 saturated carbocycles. The van der Waals surface area contributed by atoms with Gasteiger partial charge >= 0.3 is 0 Å². The van der Waals surface area contributed by atoms with Gasteiger partial charge < -0.3 is 15.2 Å². The van der Waals surface area contributed by atoms with Crippen molar-refractivity contribution in [2.24, 2.45) is 11.7 Å². The third-order valence-electron chi connectivity index (χ3n) is 3.65. The van der Waals surface area contributed by atoms with Gasteiger partial charge in [-0.25, -0.2) is 0 Å². The standard InChI is InChI=1S/C13H24N4O/c1-16-5-3-11(4-6-16)9-17(2)10-13-7-12(8-14)15-18-13/h7,11H,3-6,8-10,14H2,1-2H3. The maximum atomic E-state index is 5.52. The Morgan fingerprint density at radius 2 is 2.22 bits per heavy atom. The molecule has 18 heavy (non-hydrogen) atoms. The van der Waals surface area contributed by atoms with Crippen molar-refractivity contribution in [1.29, 1.82) is 0 Å². The highest BCUT2D eigenvalue weighted by molar-refractivity contribution is 5.04. The summed E-state index contributed by atoms with van der Waals surface area (Å²) in [4.78, 5) is 4.72. The second-order valence-corrected chi connectivity index (χ2v) is 5.43. The molecule has 1 fully saturated rings. The summed E-state index contributed by atoms with van der Waals surface area (Å²) in [7, 11) is 4.34. The Bertz CT molecular complexity index is 358. The Morgan fingerprint density at radius 1 is 1.50 bits per heavy atom. The third-order valence-corrected chi connectivity index (χ3v) is 3.65. The molecule has 1 aromatic heterocycles. The van der Waals surface area contributed by atoms with E-state index in [0.29, 0.717) is 6.54 Å². The third kappa shape index (κ3) is 3.80. The van der Waals surface area contributed by atoms with Crippen LogP contribution in [-0.4, -0.2) is 48.7 Å². The highest BCUT2D eigenvalue weighted by Crippen LogP contribution is 2.17. The van der Waals surface area contributed by atoms with Gasteiger partial charge in [-0.2, -0.15) is 0 Å². The molecule has 1 aliphatic heterocycles. The fraction of sp³-hybridized carbons (Fsp3) is 0.769. The van der Waals surface area contributed by atoms with Gasteiger partial charge in [0, 0.05) is 19.2 Å². The topological polar surface area (TPSA) is 58.5 Å². The number of aromatic nitrogens is 1. The number of hydrogen-bond donors (Lipinski definition) is 1. The molecule has 0 amide bonds. The number of rotatable bonds is 5. The van der Waals surface area contributed by atoms with Crippen LogP contribution in [0.3, 0.4) is 0 Å². The van der Waals surface area contributed by atoms with E-state index in [2.05, 4.69) is 29.1 Å². The van der Waals surface area contributed by atoms with Gasteiger partial charge in [-0.05, 0) is 45.9 Å². The lowest BCUT2D eigenvalue weighted by Crippen LogP contribution is -2.35. The zero-order chi connectivity index (χ0) is 13.0. The van der Waals surface area contributed by atoms with Crippen LogP contribution in [0.5, 0.6) is 0 Å². The second-order valence-electron chi connectivity index (χ2n) is 5.43. The van der Waals surface area contributed by atoms with Crippen molar-refractivity contribution in [2.75, 3.05) is 33.7 Å². The van der Waals surface area contributed by atoms with Gasteiger partial charge in [0.25, 0.3) is 0 Å². The first-order valence-corrected chi connectivity index (χ1v) is 6.69. The van der Waals surface area contributed by atoms with Crippen molar-refractivity contribution in [2.45, 2.75) is 25.9 Å². The maximum Gasteiger partial charge on any atom is 0.151 e. The van der Waals surface area contributed by atoms with Crippen molar-refractivity contribution in [3.05, 3.63) is 17.5 Å². The molecule has 2 rings (SSSR count). The van der Waals surface area contributed by atoms with Crippen molar-refractivity contribution in [3.8, 4) is 0 Å². The van der Waals surface area contributed by atoms with Gasteiger partial charge in [-0.15, -0.1) is 0 Å². The molecule has 2 heterocycles. The Morgan fingerprint density at radius 3 is 2.83 bits per heavy atom. The molecule has 5 nitrogen and oxygen atoms in total. The van der Waals surface area contributed by atoms with Crippen LogP contribution in [0, 0.1) is 5.92 Å². The van der Waals surface area contributed by atoms with Gasteiger partial charge in [0.05, 0.1) is 12.2 Å². The molecule has 0 atom stereocenters. The van der Waals surface area contributed by atoms with Gasteiger partial charge in [0.2, 0.25) is 0 Å². The smallest absolute Gasteiger partial charge is 0.151 e. The summed E-state index contributed by atoms with van der Waals surface area (Å²) >= 11 is 0. The Balaban J connectivity index is 1.76. The summed E-state index contributed by atoms with van der Waals surface area (Å²) in [6.07, 6.45) is 2.59. The highest BCUT2D eigenvalue weighted by Gasteiger charge is 2.18. The molecule has 102 valence electrons. The molecule has 5 heteroatoms. The lowest BCUT2D eigenvalue weighted by molar-refractivity contribution is 0.166. The van der Waals surface area contributed by atoms with E-state index < -0.39 is 0 Å². The summed E-state index contributed by atoms with van der Waals surface area (Å²) in [5, 5.41) is 3.91. The molecular weight excluding hydrogens is 228 g/mol. The largest absolute Gasteiger partial charge is 0.360 e. The summed E-state index contributed by atoms with van der Waals surface area (Å²) in [5.74, 6) is 1.72. The molecule has 0 radical (unpaired) electrons. The van der Waals surface area contributed by atoms with Gasteiger partial charge in [0.1, 0.15) is 0 Å². The summed E-state index contributed by atoms with van der Waals surface area (Å²) in [6.45, 7) is 4.84. The fourth-order valence-electron chi connectivity index (χ4n) is 2.54. The molecule has 0 aromatic carbocycles. The predicted octanol–water partition coefficient (Wildman–Crippen LogP) is 0.907. The minimum Gasteiger partial charge on any atom is -0.360 e. The van der Waals surface area contributed by atoms with E-state index in [1.54, 1.807) is 0 Å². The SMILES string of the molecule is CN1CCC(CN(C)Cc2cc(CN)no2)CC1. The van der Waals surface area contributed by atoms with Crippen molar-refractivity contribution >= 4 is 0 Å². The van der Waals surface area contributed by atoms with Crippen LogP contribution in [0.15, 0.2) is 10.6 Å². The molecule has 0 bridgehead atoms. The monoisotopic (exact) mass is 252 g/mol. The Kier molecular flexibility index (Phi) is 4.74. The zero-order valence-corrected chi connectivity index (χ0v) is 11.4. The number of nitrogens with zero attached hydrogens (tertiary/aromatic N) is 3. The van der Waals surface area contributed by atoms with Crippen LogP contribution in [-0.2, 0) is 13.1 Å². The average molecular weight is 252 g/mol. The van der Waals surface area contributed by atoms with Crippen LogP contribution in [0.1, 0.15) is 24.3 Å². The number of piperidine rings is 1. The molecule has 1 saturated heterocycles. The predicted molar refractivity (Wildman–Crippen MR) is 70.9 cm³/mol. The van der Waals surface area contributed by atoms with E-state index in [1.165, 1.54) is 25.9 Å². The number of nitrogens with two attached hydrogens (primary N) is 1. The van der Waals surface area contributed by atoms with Crippen LogP contribution in [0.2, 0.25) is 0 Å². The molecule has 1 aliphatic rings. The summed E-state index contributed by atoms with van der Waals surface area (Å²) < 4.78 is 5.25. The van der Waals surface area contributed by atoms with E-state index in [0.717, 1.165) is 30.5 Å². The van der Waals surface area contributed by atoms with E-state index >= 15 is 0 Å². The van der Waals surface area contributed by atoms with E-state index in [9.17, 15) is 0 Å². The van der Waals surface area contributed by atoms with Crippen molar-refractivity contribution < 1.29 is 4.52 Å².